The van der Waals surface area contributed by atoms with Gasteiger partial charge in [0.15, 0.2) is 0 Å². The van der Waals surface area contributed by atoms with Gasteiger partial charge < -0.3 is 15.4 Å². The average Bonchev–Trinajstić information content (AvgIpc) is 2.88. The highest BCUT2D eigenvalue weighted by Gasteiger charge is 2.21. The van der Waals surface area contributed by atoms with Crippen LogP contribution in [-0.2, 0) is 21.4 Å². The molecule has 0 aromatic heterocycles. The van der Waals surface area contributed by atoms with Crippen molar-refractivity contribution in [3.05, 3.63) is 76.9 Å². The minimum atomic E-state index is -3.70. The van der Waals surface area contributed by atoms with E-state index in [2.05, 4.69) is 21.6 Å². The van der Waals surface area contributed by atoms with E-state index in [-0.39, 0.29) is 16.8 Å². The van der Waals surface area contributed by atoms with Gasteiger partial charge in [0.1, 0.15) is 11.5 Å². The van der Waals surface area contributed by atoms with Crippen LogP contribution in [0.3, 0.4) is 0 Å². The van der Waals surface area contributed by atoms with Gasteiger partial charge in [0.05, 0.1) is 27.9 Å². The number of aryl methyl sites for hydroxylation is 2. The van der Waals surface area contributed by atoms with Crippen molar-refractivity contribution in [2.45, 2.75) is 51.1 Å². The molecule has 3 aromatic carbocycles. The Morgan fingerprint density at radius 3 is 2.26 bits per heavy atom. The zero-order valence-corrected chi connectivity index (χ0v) is 23.1. The van der Waals surface area contributed by atoms with E-state index in [1.165, 1.54) is 6.92 Å². The molecule has 0 atom stereocenters. The van der Waals surface area contributed by atoms with Crippen LogP contribution in [-0.4, -0.2) is 38.4 Å². The number of hydrogen-bond donors (Lipinski definition) is 3. The molecule has 9 nitrogen and oxygen atoms in total. The largest absolute Gasteiger partial charge is 0.457 e. The Balaban J connectivity index is 1.43. The van der Waals surface area contributed by atoms with Gasteiger partial charge in [0, 0.05) is 38.7 Å². The first kappa shape index (κ1) is 28.1. The number of amides is 1. The SMILES string of the molecule is CC(=O)Nc1ccc(Oc2c(C)cc(C#N)cc2C)cc1NC1CCN(Cc2ccc(S(N)(=O)=O)cc2)CC1. The van der Waals surface area contributed by atoms with Crippen LogP contribution in [0.2, 0.25) is 0 Å². The topological polar surface area (TPSA) is 138 Å². The molecule has 1 fully saturated rings. The number of benzene rings is 3. The normalized spacial score (nSPS) is 14.4. The lowest BCUT2D eigenvalue weighted by atomic mass is 10.0. The van der Waals surface area contributed by atoms with Crippen LogP contribution in [0, 0.1) is 25.2 Å². The third kappa shape index (κ3) is 7.35. The van der Waals surface area contributed by atoms with E-state index in [4.69, 9.17) is 9.88 Å². The molecule has 204 valence electrons. The first-order valence-corrected chi connectivity index (χ1v) is 14.3. The Labute approximate surface area is 229 Å². The highest BCUT2D eigenvalue weighted by Crippen LogP contribution is 2.34. The molecule has 1 heterocycles. The van der Waals surface area contributed by atoms with E-state index < -0.39 is 10.0 Å². The predicted octanol–water partition coefficient (Wildman–Crippen LogP) is 4.65. The summed E-state index contributed by atoms with van der Waals surface area (Å²) in [4.78, 5) is 14.3. The average molecular weight is 548 g/mol. The molecule has 3 aromatic rings. The molecule has 0 saturated carbocycles. The lowest BCUT2D eigenvalue weighted by Crippen LogP contribution is -2.38. The van der Waals surface area contributed by atoms with Crippen molar-refractivity contribution in [2.75, 3.05) is 23.7 Å². The fourth-order valence-electron chi connectivity index (χ4n) is 4.80. The van der Waals surface area contributed by atoms with Crippen molar-refractivity contribution in [1.29, 1.82) is 5.26 Å². The molecular weight excluding hydrogens is 514 g/mol. The monoisotopic (exact) mass is 547 g/mol. The molecule has 10 heteroatoms. The number of ether oxygens (including phenoxy) is 1. The van der Waals surface area contributed by atoms with E-state index >= 15 is 0 Å². The number of nitrogens with two attached hydrogens (primary N) is 1. The minimum absolute atomic E-state index is 0.111. The molecule has 1 aliphatic rings. The third-order valence-electron chi connectivity index (χ3n) is 6.72. The quantitative estimate of drug-likeness (QED) is 0.373. The molecular formula is C29H33N5O4S. The zero-order valence-electron chi connectivity index (χ0n) is 22.3. The number of likely N-dealkylation sites (tertiary alicyclic amines) is 1. The maximum Gasteiger partial charge on any atom is 0.238 e. The van der Waals surface area contributed by atoms with Crippen molar-refractivity contribution < 1.29 is 17.9 Å². The van der Waals surface area contributed by atoms with Gasteiger partial charge in [-0.3, -0.25) is 9.69 Å². The van der Waals surface area contributed by atoms with Crippen LogP contribution in [0.1, 0.15) is 42.0 Å². The van der Waals surface area contributed by atoms with Crippen LogP contribution in [0.15, 0.2) is 59.5 Å². The van der Waals surface area contributed by atoms with Crippen LogP contribution >= 0.6 is 0 Å². The smallest absolute Gasteiger partial charge is 0.238 e. The first-order valence-electron chi connectivity index (χ1n) is 12.7. The summed E-state index contributed by atoms with van der Waals surface area (Å²) in [5.74, 6) is 1.18. The van der Waals surface area contributed by atoms with Crippen molar-refractivity contribution >= 4 is 27.3 Å². The van der Waals surface area contributed by atoms with Gasteiger partial charge in [0.2, 0.25) is 15.9 Å². The second kappa shape index (κ2) is 11.9. The predicted molar refractivity (Wildman–Crippen MR) is 151 cm³/mol. The number of carbonyl (C=O) groups excluding carboxylic acids is 1. The van der Waals surface area contributed by atoms with Crippen molar-refractivity contribution in [3.8, 4) is 17.6 Å². The van der Waals surface area contributed by atoms with E-state index in [1.54, 1.807) is 36.4 Å². The Bertz CT molecular complexity index is 1480. The van der Waals surface area contributed by atoms with Crippen LogP contribution in [0.5, 0.6) is 11.5 Å². The van der Waals surface area contributed by atoms with Gasteiger partial charge in [-0.1, -0.05) is 12.1 Å². The van der Waals surface area contributed by atoms with Crippen molar-refractivity contribution in [2.24, 2.45) is 5.14 Å². The molecule has 1 saturated heterocycles. The van der Waals surface area contributed by atoms with E-state index in [0.717, 1.165) is 54.9 Å². The Morgan fingerprint density at radius 2 is 1.69 bits per heavy atom. The molecule has 1 aliphatic heterocycles. The van der Waals surface area contributed by atoms with Crippen molar-refractivity contribution in [1.82, 2.24) is 4.90 Å². The lowest BCUT2D eigenvalue weighted by molar-refractivity contribution is -0.114. The van der Waals surface area contributed by atoms with Gasteiger partial charge in [-0.2, -0.15) is 5.26 Å². The zero-order chi connectivity index (χ0) is 28.2. The number of primary sulfonamides is 1. The molecule has 1 amide bonds. The second-order valence-electron chi connectivity index (χ2n) is 9.93. The molecule has 0 spiro atoms. The highest BCUT2D eigenvalue weighted by atomic mass is 32.2. The molecule has 0 unspecified atom stereocenters. The lowest BCUT2D eigenvalue weighted by Gasteiger charge is -2.33. The summed E-state index contributed by atoms with van der Waals surface area (Å²) in [5, 5.41) is 20.9. The van der Waals surface area contributed by atoms with Gasteiger partial charge >= 0.3 is 0 Å². The maximum atomic E-state index is 11.8. The number of anilines is 2. The van der Waals surface area contributed by atoms with E-state index in [0.29, 0.717) is 22.7 Å². The Morgan fingerprint density at radius 1 is 1.05 bits per heavy atom. The summed E-state index contributed by atoms with van der Waals surface area (Å²) in [7, 11) is -3.70. The third-order valence-corrected chi connectivity index (χ3v) is 7.65. The number of rotatable bonds is 8. The number of sulfonamides is 1. The fraction of sp³-hybridized carbons (Fsp3) is 0.310. The van der Waals surface area contributed by atoms with Crippen LogP contribution in [0.25, 0.3) is 0 Å². The first-order chi connectivity index (χ1) is 18.5. The molecule has 39 heavy (non-hydrogen) atoms. The van der Waals surface area contributed by atoms with E-state index in [9.17, 15) is 18.5 Å². The Hall–Kier alpha value is -3.91. The summed E-state index contributed by atoms with van der Waals surface area (Å²) in [6, 6.07) is 18.2. The molecule has 0 radical (unpaired) electrons. The molecule has 0 bridgehead atoms. The summed E-state index contributed by atoms with van der Waals surface area (Å²) in [6.07, 6.45) is 1.79. The number of carbonyl (C=O) groups is 1. The van der Waals surface area contributed by atoms with Crippen LogP contribution < -0.4 is 20.5 Å². The minimum Gasteiger partial charge on any atom is -0.457 e. The molecule has 4 N–H and O–H groups in total. The van der Waals surface area contributed by atoms with E-state index in [1.807, 2.05) is 32.0 Å². The van der Waals surface area contributed by atoms with Crippen LogP contribution in [0.4, 0.5) is 11.4 Å². The van der Waals surface area contributed by atoms with Gasteiger partial charge in [-0.25, -0.2) is 13.6 Å². The number of piperidine rings is 1. The Kier molecular flexibility index (Phi) is 8.55. The molecule has 4 rings (SSSR count). The van der Waals surface area contributed by atoms with Crippen molar-refractivity contribution in [3.63, 3.8) is 0 Å². The molecule has 0 aliphatic carbocycles. The number of hydrogen-bond acceptors (Lipinski definition) is 7. The van der Waals surface area contributed by atoms with Gasteiger partial charge in [-0.15, -0.1) is 0 Å². The number of nitrogens with zero attached hydrogens (tertiary/aromatic N) is 2. The summed E-state index contributed by atoms with van der Waals surface area (Å²) < 4.78 is 29.2. The number of nitriles is 1. The highest BCUT2D eigenvalue weighted by molar-refractivity contribution is 7.89. The fourth-order valence-corrected chi connectivity index (χ4v) is 5.31. The second-order valence-corrected chi connectivity index (χ2v) is 11.5. The summed E-state index contributed by atoms with van der Waals surface area (Å²) in [5.41, 5.74) is 4.83. The number of nitrogens with one attached hydrogen (secondary N) is 2. The summed E-state index contributed by atoms with van der Waals surface area (Å²) in [6.45, 7) is 7.76. The summed E-state index contributed by atoms with van der Waals surface area (Å²) >= 11 is 0. The standard InChI is InChI=1S/C29H33N5O4S/c1-19-14-23(17-30)15-20(2)29(19)38-25-6-9-27(32-21(3)35)28(16-25)33-24-10-12-34(13-11-24)18-22-4-7-26(8-5-22)39(31,36)37/h4-9,14-16,24,33H,10-13,18H2,1-3H3,(H,32,35)(H2,31,36,37). The van der Waals surface area contributed by atoms with Gasteiger partial charge in [-0.05, 0) is 79.8 Å². The van der Waals surface area contributed by atoms with Gasteiger partial charge in [0.25, 0.3) is 0 Å². The maximum absolute atomic E-state index is 11.8.